The van der Waals surface area contributed by atoms with Crippen molar-refractivity contribution in [1.82, 2.24) is 19.4 Å². The molecule has 8 heteroatoms. The average molecular weight is 417 g/mol. The van der Waals surface area contributed by atoms with Gasteiger partial charge in [0.1, 0.15) is 11.4 Å². The number of likely N-dealkylation sites (tertiary alicyclic amines) is 1. The van der Waals surface area contributed by atoms with Crippen molar-refractivity contribution < 1.29 is 14.6 Å². The third-order valence-corrected chi connectivity index (χ3v) is 5.81. The van der Waals surface area contributed by atoms with Crippen LogP contribution in [-0.4, -0.2) is 68.9 Å². The fraction of sp³-hybridized carbons (Fsp3) is 0.591. The van der Waals surface area contributed by atoms with Gasteiger partial charge in [-0.2, -0.15) is 0 Å². The maximum Gasteiger partial charge on any atom is 0.407 e. The van der Waals surface area contributed by atoms with Gasteiger partial charge in [-0.1, -0.05) is 0 Å². The summed E-state index contributed by atoms with van der Waals surface area (Å²) in [5.74, 6) is 0.693. The zero-order valence-electron chi connectivity index (χ0n) is 18.5. The Kier molecular flexibility index (Phi) is 6.36. The zero-order valence-corrected chi connectivity index (χ0v) is 18.5. The van der Waals surface area contributed by atoms with Gasteiger partial charge in [0.15, 0.2) is 0 Å². The standard InChI is InChI=1S/C22H32N4O4/c1-15-20(27)25(19-14-17(30-5)6-7-18(19)23-15)13-12-24-10-8-16(9-11-24)26(21(28)29)22(2,3)4/h6-7,14,16H,8-13H2,1-5H3,(H,28,29). The van der Waals surface area contributed by atoms with E-state index in [-0.39, 0.29) is 11.6 Å². The molecule has 2 heterocycles. The molecule has 1 aromatic carbocycles. The first-order chi connectivity index (χ1) is 14.1. The summed E-state index contributed by atoms with van der Waals surface area (Å²) in [4.78, 5) is 32.8. The number of amides is 1. The third kappa shape index (κ3) is 4.59. The number of piperidine rings is 1. The Hall–Kier alpha value is -2.61. The summed E-state index contributed by atoms with van der Waals surface area (Å²) < 4.78 is 7.09. The smallest absolute Gasteiger partial charge is 0.407 e. The molecule has 0 saturated carbocycles. The molecule has 1 amide bonds. The number of hydrogen-bond acceptors (Lipinski definition) is 5. The fourth-order valence-electron chi connectivity index (χ4n) is 4.33. The van der Waals surface area contributed by atoms with E-state index in [9.17, 15) is 14.7 Å². The van der Waals surface area contributed by atoms with Gasteiger partial charge >= 0.3 is 6.09 Å². The summed E-state index contributed by atoms with van der Waals surface area (Å²) in [5.41, 5.74) is 1.51. The lowest BCUT2D eigenvalue weighted by Gasteiger charge is -2.43. The molecule has 1 saturated heterocycles. The lowest BCUT2D eigenvalue weighted by Crippen LogP contribution is -2.54. The van der Waals surface area contributed by atoms with Crippen molar-refractivity contribution in [3.8, 4) is 5.75 Å². The molecule has 0 radical (unpaired) electrons. The second-order valence-electron chi connectivity index (χ2n) is 8.90. The Balaban J connectivity index is 1.72. The highest BCUT2D eigenvalue weighted by Crippen LogP contribution is 2.25. The van der Waals surface area contributed by atoms with Crippen molar-refractivity contribution >= 4 is 17.1 Å². The van der Waals surface area contributed by atoms with Gasteiger partial charge in [0.25, 0.3) is 5.56 Å². The van der Waals surface area contributed by atoms with Gasteiger partial charge in [0.05, 0.1) is 18.1 Å². The number of carbonyl (C=O) groups is 1. The van der Waals surface area contributed by atoms with Crippen molar-refractivity contribution in [3.05, 3.63) is 34.2 Å². The maximum absolute atomic E-state index is 12.8. The Morgan fingerprint density at radius 3 is 2.50 bits per heavy atom. The van der Waals surface area contributed by atoms with Gasteiger partial charge in [-0.05, 0) is 52.7 Å². The largest absolute Gasteiger partial charge is 0.497 e. The van der Waals surface area contributed by atoms with E-state index in [1.54, 1.807) is 23.5 Å². The minimum atomic E-state index is -0.861. The predicted octanol–water partition coefficient (Wildman–Crippen LogP) is 2.96. The molecule has 0 unspecified atom stereocenters. The molecule has 1 N–H and O–H groups in total. The molecule has 164 valence electrons. The van der Waals surface area contributed by atoms with Crippen LogP contribution in [0.5, 0.6) is 5.75 Å². The van der Waals surface area contributed by atoms with Crippen molar-refractivity contribution in [3.63, 3.8) is 0 Å². The van der Waals surface area contributed by atoms with E-state index < -0.39 is 11.6 Å². The first-order valence-electron chi connectivity index (χ1n) is 10.4. The van der Waals surface area contributed by atoms with Crippen LogP contribution in [-0.2, 0) is 6.54 Å². The number of aromatic nitrogens is 2. The highest BCUT2D eigenvalue weighted by atomic mass is 16.5. The molecule has 1 aliphatic heterocycles. The van der Waals surface area contributed by atoms with Crippen LogP contribution in [0.25, 0.3) is 11.0 Å². The molecule has 0 atom stereocenters. The third-order valence-electron chi connectivity index (χ3n) is 5.81. The molecule has 0 bridgehead atoms. The van der Waals surface area contributed by atoms with Crippen molar-refractivity contribution in [2.24, 2.45) is 0 Å². The quantitative estimate of drug-likeness (QED) is 0.806. The first kappa shape index (κ1) is 22.1. The van der Waals surface area contributed by atoms with Gasteiger partial charge in [0, 0.05) is 43.8 Å². The van der Waals surface area contributed by atoms with E-state index in [1.165, 1.54) is 0 Å². The van der Waals surface area contributed by atoms with Gasteiger partial charge in [0.2, 0.25) is 0 Å². The molecular formula is C22H32N4O4. The molecule has 1 fully saturated rings. The summed E-state index contributed by atoms with van der Waals surface area (Å²) in [6.07, 6.45) is 0.727. The summed E-state index contributed by atoms with van der Waals surface area (Å²) in [5, 5.41) is 9.64. The second-order valence-corrected chi connectivity index (χ2v) is 8.90. The number of rotatable bonds is 5. The van der Waals surface area contributed by atoms with Crippen LogP contribution in [0.2, 0.25) is 0 Å². The van der Waals surface area contributed by atoms with Crippen molar-refractivity contribution in [2.75, 3.05) is 26.7 Å². The van der Waals surface area contributed by atoms with Crippen molar-refractivity contribution in [2.45, 2.75) is 58.7 Å². The van der Waals surface area contributed by atoms with Crippen LogP contribution in [0.15, 0.2) is 23.0 Å². The molecule has 30 heavy (non-hydrogen) atoms. The summed E-state index contributed by atoms with van der Waals surface area (Å²) in [7, 11) is 1.60. The molecule has 1 aromatic heterocycles. The predicted molar refractivity (Wildman–Crippen MR) is 116 cm³/mol. The molecule has 2 aromatic rings. The number of aryl methyl sites for hydroxylation is 1. The number of fused-ring (bicyclic) bond motifs is 1. The van der Waals surface area contributed by atoms with Gasteiger partial charge in [-0.25, -0.2) is 9.78 Å². The van der Waals surface area contributed by atoms with Crippen LogP contribution in [0.3, 0.4) is 0 Å². The fourth-order valence-corrected chi connectivity index (χ4v) is 4.33. The number of hydrogen-bond donors (Lipinski definition) is 1. The summed E-state index contributed by atoms with van der Waals surface area (Å²) in [6, 6.07) is 5.59. The summed E-state index contributed by atoms with van der Waals surface area (Å²) in [6.45, 7) is 10.4. The van der Waals surface area contributed by atoms with Crippen LogP contribution in [0.1, 0.15) is 39.3 Å². The van der Waals surface area contributed by atoms with Gasteiger partial charge in [-0.3, -0.25) is 4.79 Å². The van der Waals surface area contributed by atoms with Crippen LogP contribution in [0.4, 0.5) is 4.79 Å². The SMILES string of the molecule is COc1ccc2nc(C)c(=O)n(CCN3CCC(N(C(=O)O)C(C)(C)C)CC3)c2c1. The van der Waals surface area contributed by atoms with Crippen LogP contribution >= 0.6 is 0 Å². The molecule has 0 aliphatic carbocycles. The molecule has 1 aliphatic rings. The zero-order chi connectivity index (χ0) is 22.1. The second kappa shape index (κ2) is 8.63. The van der Waals surface area contributed by atoms with Crippen LogP contribution in [0, 0.1) is 6.92 Å². The van der Waals surface area contributed by atoms with E-state index in [1.807, 2.05) is 39.0 Å². The number of nitrogens with zero attached hydrogens (tertiary/aromatic N) is 4. The number of ether oxygens (including phenoxy) is 1. The Labute approximate surface area is 177 Å². The number of benzene rings is 1. The van der Waals surface area contributed by atoms with E-state index >= 15 is 0 Å². The van der Waals surface area contributed by atoms with E-state index in [0.29, 0.717) is 18.0 Å². The summed E-state index contributed by atoms with van der Waals surface area (Å²) >= 11 is 0. The lowest BCUT2D eigenvalue weighted by atomic mass is 9.97. The molecular weight excluding hydrogens is 384 g/mol. The number of methoxy groups -OCH3 is 1. The molecule has 3 rings (SSSR count). The average Bonchev–Trinajstić information content (AvgIpc) is 2.68. The van der Waals surface area contributed by atoms with Gasteiger partial charge < -0.3 is 24.2 Å². The Bertz CT molecular complexity index is 971. The van der Waals surface area contributed by atoms with E-state index in [4.69, 9.17) is 4.74 Å². The Morgan fingerprint density at radius 1 is 1.27 bits per heavy atom. The normalized spacial score (nSPS) is 16.0. The van der Waals surface area contributed by atoms with E-state index in [0.717, 1.165) is 43.5 Å². The molecule has 8 nitrogen and oxygen atoms in total. The number of carboxylic acid groups (broad SMARTS) is 1. The van der Waals surface area contributed by atoms with E-state index in [2.05, 4.69) is 9.88 Å². The molecule has 0 spiro atoms. The van der Waals surface area contributed by atoms with Crippen molar-refractivity contribution in [1.29, 1.82) is 0 Å². The Morgan fingerprint density at radius 2 is 1.93 bits per heavy atom. The van der Waals surface area contributed by atoms with Gasteiger partial charge in [-0.15, -0.1) is 0 Å². The lowest BCUT2D eigenvalue weighted by molar-refractivity contribution is 0.0417. The minimum absolute atomic E-state index is 0.0229. The highest BCUT2D eigenvalue weighted by molar-refractivity contribution is 5.76. The topological polar surface area (TPSA) is 87.9 Å². The first-order valence-corrected chi connectivity index (χ1v) is 10.4. The monoisotopic (exact) mass is 416 g/mol. The van der Waals surface area contributed by atoms with Crippen LogP contribution < -0.4 is 10.3 Å². The highest BCUT2D eigenvalue weighted by Gasteiger charge is 2.35. The maximum atomic E-state index is 12.8. The minimum Gasteiger partial charge on any atom is -0.497 e.